The molecule has 0 bridgehead atoms. The van der Waals surface area contributed by atoms with Gasteiger partial charge in [-0.05, 0) is 36.2 Å². The Kier molecular flexibility index (Phi) is 6.47. The van der Waals surface area contributed by atoms with Crippen molar-refractivity contribution in [1.82, 2.24) is 5.32 Å². The molecule has 0 saturated carbocycles. The summed E-state index contributed by atoms with van der Waals surface area (Å²) in [6, 6.07) is 10.1. The highest BCUT2D eigenvalue weighted by atomic mass is 35.5. The first-order chi connectivity index (χ1) is 11.9. The number of benzene rings is 2. The van der Waals surface area contributed by atoms with Crippen molar-refractivity contribution in [3.8, 4) is 0 Å². The first-order valence-electron chi connectivity index (χ1n) is 7.61. The molecule has 2 amide bonds. The fraction of sp³-hybridized carbons (Fsp3) is 0.222. The quantitative estimate of drug-likeness (QED) is 0.852. The SMILES string of the molecule is CC(=O)N(CC(=O)NCCc1cccc(Cl)c1)c1ccc(F)cc1F. The molecule has 2 aromatic rings. The third kappa shape index (κ3) is 5.53. The Morgan fingerprint density at radius 1 is 1.16 bits per heavy atom. The second-order valence-electron chi connectivity index (χ2n) is 5.43. The fourth-order valence-electron chi connectivity index (χ4n) is 2.30. The minimum absolute atomic E-state index is 0.140. The van der Waals surface area contributed by atoms with Crippen LogP contribution in [0.2, 0.25) is 5.02 Å². The van der Waals surface area contributed by atoms with E-state index in [-0.39, 0.29) is 12.2 Å². The number of carbonyl (C=O) groups is 2. The van der Waals surface area contributed by atoms with Crippen LogP contribution in [0.4, 0.5) is 14.5 Å². The lowest BCUT2D eigenvalue weighted by atomic mass is 10.1. The Morgan fingerprint density at radius 2 is 1.92 bits per heavy atom. The molecule has 0 atom stereocenters. The first kappa shape index (κ1) is 18.9. The minimum Gasteiger partial charge on any atom is -0.354 e. The number of anilines is 1. The molecule has 132 valence electrons. The molecule has 0 spiro atoms. The van der Waals surface area contributed by atoms with Crippen molar-refractivity contribution in [2.45, 2.75) is 13.3 Å². The second kappa shape index (κ2) is 8.58. The van der Waals surface area contributed by atoms with Crippen LogP contribution in [0, 0.1) is 11.6 Å². The van der Waals surface area contributed by atoms with Crippen LogP contribution < -0.4 is 10.2 Å². The smallest absolute Gasteiger partial charge is 0.240 e. The average molecular weight is 367 g/mol. The maximum atomic E-state index is 13.8. The van der Waals surface area contributed by atoms with Gasteiger partial charge >= 0.3 is 0 Å². The Labute approximate surface area is 149 Å². The molecular weight excluding hydrogens is 350 g/mol. The van der Waals surface area contributed by atoms with Gasteiger partial charge in [0.1, 0.15) is 18.2 Å². The first-order valence-corrected chi connectivity index (χ1v) is 7.99. The maximum absolute atomic E-state index is 13.8. The summed E-state index contributed by atoms with van der Waals surface area (Å²) in [6.45, 7) is 1.20. The van der Waals surface area contributed by atoms with Gasteiger partial charge in [0.2, 0.25) is 11.8 Å². The number of amides is 2. The lowest BCUT2D eigenvalue weighted by Crippen LogP contribution is -2.40. The standard InChI is InChI=1S/C18H17ClF2N2O2/c1-12(24)23(17-6-5-15(20)10-16(17)21)11-18(25)22-8-7-13-3-2-4-14(19)9-13/h2-6,9-10H,7-8,11H2,1H3,(H,22,25). The van der Waals surface area contributed by atoms with E-state index in [1.54, 1.807) is 12.1 Å². The van der Waals surface area contributed by atoms with Crippen LogP contribution in [0.3, 0.4) is 0 Å². The highest BCUT2D eigenvalue weighted by Gasteiger charge is 2.19. The van der Waals surface area contributed by atoms with E-state index in [2.05, 4.69) is 5.32 Å². The zero-order chi connectivity index (χ0) is 18.4. The van der Waals surface area contributed by atoms with E-state index in [0.29, 0.717) is 24.1 Å². The van der Waals surface area contributed by atoms with Gasteiger partial charge in [-0.2, -0.15) is 0 Å². The van der Waals surface area contributed by atoms with E-state index in [4.69, 9.17) is 11.6 Å². The van der Waals surface area contributed by atoms with Gasteiger partial charge < -0.3 is 10.2 Å². The fourth-order valence-corrected chi connectivity index (χ4v) is 2.52. The van der Waals surface area contributed by atoms with Crippen molar-refractivity contribution in [3.63, 3.8) is 0 Å². The van der Waals surface area contributed by atoms with Crippen LogP contribution >= 0.6 is 11.6 Å². The minimum atomic E-state index is -0.901. The molecule has 0 radical (unpaired) electrons. The molecule has 1 N–H and O–H groups in total. The molecule has 7 heteroatoms. The molecule has 0 heterocycles. The molecule has 4 nitrogen and oxygen atoms in total. The van der Waals surface area contributed by atoms with Crippen molar-refractivity contribution in [2.75, 3.05) is 18.0 Å². The summed E-state index contributed by atoms with van der Waals surface area (Å²) in [6.07, 6.45) is 0.567. The van der Waals surface area contributed by atoms with Crippen LogP contribution in [0.25, 0.3) is 0 Å². The average Bonchev–Trinajstić information content (AvgIpc) is 2.53. The van der Waals surface area contributed by atoms with Gasteiger partial charge in [-0.1, -0.05) is 23.7 Å². The molecule has 25 heavy (non-hydrogen) atoms. The zero-order valence-corrected chi connectivity index (χ0v) is 14.3. The zero-order valence-electron chi connectivity index (χ0n) is 13.6. The van der Waals surface area contributed by atoms with E-state index in [9.17, 15) is 18.4 Å². The van der Waals surface area contributed by atoms with Crippen LogP contribution in [0.5, 0.6) is 0 Å². The third-order valence-electron chi connectivity index (χ3n) is 3.51. The third-order valence-corrected chi connectivity index (χ3v) is 3.74. The van der Waals surface area contributed by atoms with E-state index in [1.165, 1.54) is 6.92 Å². The monoisotopic (exact) mass is 366 g/mol. The summed E-state index contributed by atoms with van der Waals surface area (Å²) in [5.74, 6) is -2.62. The maximum Gasteiger partial charge on any atom is 0.240 e. The van der Waals surface area contributed by atoms with Crippen molar-refractivity contribution in [1.29, 1.82) is 0 Å². The Bertz CT molecular complexity index is 783. The predicted molar refractivity (Wildman–Crippen MR) is 92.6 cm³/mol. The van der Waals surface area contributed by atoms with Crippen LogP contribution in [0.1, 0.15) is 12.5 Å². The molecule has 0 aliphatic rings. The molecule has 0 unspecified atom stereocenters. The number of halogens is 3. The largest absolute Gasteiger partial charge is 0.354 e. The molecular formula is C18H17ClF2N2O2. The number of hydrogen-bond acceptors (Lipinski definition) is 2. The second-order valence-corrected chi connectivity index (χ2v) is 5.87. The van der Waals surface area contributed by atoms with Crippen molar-refractivity contribution < 1.29 is 18.4 Å². The molecule has 2 rings (SSSR count). The molecule has 2 aromatic carbocycles. The lowest BCUT2D eigenvalue weighted by molar-refractivity contribution is -0.123. The predicted octanol–water partition coefficient (Wildman–Crippen LogP) is 3.33. The molecule has 0 saturated heterocycles. The Balaban J connectivity index is 1.95. The number of nitrogens with one attached hydrogen (secondary N) is 1. The lowest BCUT2D eigenvalue weighted by Gasteiger charge is -2.21. The van der Waals surface area contributed by atoms with Gasteiger partial charge in [0.25, 0.3) is 0 Å². The van der Waals surface area contributed by atoms with E-state index < -0.39 is 23.4 Å². The molecule has 0 aromatic heterocycles. The number of rotatable bonds is 6. The van der Waals surface area contributed by atoms with Gasteiger partial charge in [0.05, 0.1) is 5.69 Å². The number of carbonyl (C=O) groups excluding carboxylic acids is 2. The van der Waals surface area contributed by atoms with Gasteiger partial charge in [0.15, 0.2) is 0 Å². The number of hydrogen-bond donors (Lipinski definition) is 1. The van der Waals surface area contributed by atoms with Gasteiger partial charge in [-0.3, -0.25) is 9.59 Å². The summed E-state index contributed by atoms with van der Waals surface area (Å²) >= 11 is 5.89. The number of nitrogens with zero attached hydrogens (tertiary/aromatic N) is 1. The highest BCUT2D eigenvalue weighted by Crippen LogP contribution is 2.20. The molecule has 0 aliphatic carbocycles. The highest BCUT2D eigenvalue weighted by molar-refractivity contribution is 6.30. The summed E-state index contributed by atoms with van der Waals surface area (Å²) in [5, 5.41) is 3.27. The summed E-state index contributed by atoms with van der Waals surface area (Å²) in [7, 11) is 0. The summed E-state index contributed by atoms with van der Waals surface area (Å²) < 4.78 is 26.8. The van der Waals surface area contributed by atoms with Crippen molar-refractivity contribution in [3.05, 3.63) is 64.7 Å². The van der Waals surface area contributed by atoms with Gasteiger partial charge in [-0.15, -0.1) is 0 Å². The van der Waals surface area contributed by atoms with Crippen LogP contribution in [-0.2, 0) is 16.0 Å². The van der Waals surface area contributed by atoms with E-state index in [1.807, 2.05) is 12.1 Å². The normalized spacial score (nSPS) is 10.4. The molecule has 0 aliphatic heterocycles. The van der Waals surface area contributed by atoms with Crippen molar-refractivity contribution in [2.24, 2.45) is 0 Å². The Morgan fingerprint density at radius 3 is 2.56 bits per heavy atom. The van der Waals surface area contributed by atoms with Crippen LogP contribution in [-0.4, -0.2) is 24.9 Å². The Hall–Kier alpha value is -2.47. The van der Waals surface area contributed by atoms with Crippen molar-refractivity contribution >= 4 is 29.1 Å². The van der Waals surface area contributed by atoms with Crippen LogP contribution in [0.15, 0.2) is 42.5 Å². The van der Waals surface area contributed by atoms with E-state index >= 15 is 0 Å². The van der Waals surface area contributed by atoms with Gasteiger partial charge in [-0.25, -0.2) is 8.78 Å². The topological polar surface area (TPSA) is 49.4 Å². The van der Waals surface area contributed by atoms with Gasteiger partial charge in [0, 0.05) is 24.6 Å². The summed E-state index contributed by atoms with van der Waals surface area (Å²) in [4.78, 5) is 24.7. The van der Waals surface area contributed by atoms with E-state index in [0.717, 1.165) is 22.6 Å². The summed E-state index contributed by atoms with van der Waals surface area (Å²) in [5.41, 5.74) is 0.819. The molecule has 0 fully saturated rings.